The molecule has 0 fully saturated rings. The van der Waals surface area contributed by atoms with Gasteiger partial charge in [-0.1, -0.05) is 177 Å². The Morgan fingerprint density at radius 3 is 1.81 bits per heavy atom. The SMILES string of the molecule is CC(C)(C)c1cc(-c2cc(-c3ccccc3)ccn2)[c-]c(-c2cccc3c2nc(-c2cccc(C(C)(C)C)c2O)n3-c2cc(C(C)(C)C)ccc2-c2ccccc2)c1.[Pt]. The summed E-state index contributed by atoms with van der Waals surface area (Å²) in [6.07, 6.45) is 1.89. The molecule has 6 aromatic carbocycles. The smallest absolute Gasteiger partial charge is 0.148 e. The molecule has 2 heterocycles. The number of para-hydroxylation sites is 2. The van der Waals surface area contributed by atoms with Crippen molar-refractivity contribution in [1.29, 1.82) is 0 Å². The fraction of sp³-hybridized carbons (Fsp3) is 0.222. The molecule has 0 aliphatic carbocycles. The second-order valence-corrected chi connectivity index (χ2v) is 18.5. The van der Waals surface area contributed by atoms with Crippen LogP contribution < -0.4 is 0 Å². The molecule has 8 aromatic rings. The minimum Gasteiger partial charge on any atom is -0.507 e. The average Bonchev–Trinajstić information content (AvgIpc) is 3.59. The fourth-order valence-electron chi connectivity index (χ4n) is 7.79. The van der Waals surface area contributed by atoms with Crippen molar-refractivity contribution in [2.24, 2.45) is 0 Å². The molecule has 0 radical (unpaired) electrons. The van der Waals surface area contributed by atoms with E-state index in [2.05, 4.69) is 188 Å². The van der Waals surface area contributed by atoms with Crippen molar-refractivity contribution in [2.45, 2.75) is 78.6 Å². The van der Waals surface area contributed by atoms with Gasteiger partial charge < -0.3 is 5.11 Å². The van der Waals surface area contributed by atoms with Crippen molar-refractivity contribution < 1.29 is 26.2 Å². The Balaban J connectivity index is 0.00000528. The first-order valence-electron chi connectivity index (χ1n) is 20.2. The maximum Gasteiger partial charge on any atom is 0.148 e. The molecular weight excluding hydrogens is 902 g/mol. The van der Waals surface area contributed by atoms with Crippen LogP contribution in [0.5, 0.6) is 5.75 Å². The molecule has 59 heavy (non-hydrogen) atoms. The molecule has 2 aromatic heterocycles. The minimum atomic E-state index is -0.284. The average molecular weight is 954 g/mol. The van der Waals surface area contributed by atoms with E-state index in [1.165, 1.54) is 11.1 Å². The van der Waals surface area contributed by atoms with Crippen LogP contribution in [0.25, 0.3) is 72.7 Å². The molecular formula is C54H52N3OPt-. The normalized spacial score (nSPS) is 12.1. The van der Waals surface area contributed by atoms with Crippen molar-refractivity contribution in [3.8, 4) is 67.5 Å². The Bertz CT molecular complexity index is 2780. The fourth-order valence-corrected chi connectivity index (χ4v) is 7.79. The van der Waals surface area contributed by atoms with Gasteiger partial charge in [0, 0.05) is 38.5 Å². The summed E-state index contributed by atoms with van der Waals surface area (Å²) in [5.74, 6) is 0.924. The maximum atomic E-state index is 12.2. The van der Waals surface area contributed by atoms with Crippen LogP contribution in [0.15, 0.2) is 146 Å². The Labute approximate surface area is 364 Å². The van der Waals surface area contributed by atoms with E-state index in [0.717, 1.165) is 66.9 Å². The molecule has 0 unspecified atom stereocenters. The van der Waals surface area contributed by atoms with Crippen molar-refractivity contribution in [2.75, 3.05) is 0 Å². The number of imidazole rings is 1. The maximum absolute atomic E-state index is 12.2. The van der Waals surface area contributed by atoms with E-state index < -0.39 is 0 Å². The number of aromatic hydroxyl groups is 1. The third kappa shape index (κ3) is 8.21. The largest absolute Gasteiger partial charge is 0.507 e. The van der Waals surface area contributed by atoms with Crippen molar-refractivity contribution in [3.05, 3.63) is 168 Å². The summed E-state index contributed by atoms with van der Waals surface area (Å²) in [6.45, 7) is 19.9. The van der Waals surface area contributed by atoms with Gasteiger partial charge in [0.05, 0.1) is 22.3 Å². The summed E-state index contributed by atoms with van der Waals surface area (Å²) in [6, 6.07) is 52.7. The van der Waals surface area contributed by atoms with Crippen LogP contribution >= 0.6 is 0 Å². The van der Waals surface area contributed by atoms with Gasteiger partial charge in [0.15, 0.2) is 0 Å². The van der Waals surface area contributed by atoms with Crippen molar-refractivity contribution in [1.82, 2.24) is 14.5 Å². The number of rotatable bonds is 6. The second-order valence-electron chi connectivity index (χ2n) is 18.5. The zero-order valence-corrected chi connectivity index (χ0v) is 37.7. The second kappa shape index (κ2) is 15.9. The van der Waals surface area contributed by atoms with Crippen molar-refractivity contribution in [3.63, 3.8) is 0 Å². The van der Waals surface area contributed by atoms with Gasteiger partial charge in [0.25, 0.3) is 0 Å². The third-order valence-electron chi connectivity index (χ3n) is 11.1. The number of aromatic nitrogens is 3. The van der Waals surface area contributed by atoms with E-state index in [0.29, 0.717) is 11.4 Å². The van der Waals surface area contributed by atoms with Gasteiger partial charge in [0.2, 0.25) is 0 Å². The summed E-state index contributed by atoms with van der Waals surface area (Å²) in [5.41, 5.74) is 14.3. The van der Waals surface area contributed by atoms with Gasteiger partial charge in [-0.2, -0.15) is 0 Å². The Hall–Kier alpha value is -5.57. The molecule has 0 saturated carbocycles. The quantitative estimate of drug-likeness (QED) is 0.169. The molecule has 4 nitrogen and oxygen atoms in total. The monoisotopic (exact) mass is 953 g/mol. The van der Waals surface area contributed by atoms with Gasteiger partial charge in [-0.25, -0.2) is 4.98 Å². The summed E-state index contributed by atoms with van der Waals surface area (Å²) >= 11 is 0. The Kier molecular flexibility index (Phi) is 11.2. The summed E-state index contributed by atoms with van der Waals surface area (Å²) < 4.78 is 2.26. The van der Waals surface area contributed by atoms with Gasteiger partial charge in [0.1, 0.15) is 11.6 Å². The van der Waals surface area contributed by atoms with Gasteiger partial charge >= 0.3 is 0 Å². The van der Waals surface area contributed by atoms with E-state index in [1.54, 1.807) is 0 Å². The summed E-state index contributed by atoms with van der Waals surface area (Å²) in [4.78, 5) is 10.4. The van der Waals surface area contributed by atoms with Gasteiger partial charge in [-0.3, -0.25) is 9.55 Å². The predicted molar refractivity (Wildman–Crippen MR) is 243 cm³/mol. The molecule has 0 bridgehead atoms. The molecule has 8 rings (SSSR count). The topological polar surface area (TPSA) is 50.9 Å². The number of hydrogen-bond acceptors (Lipinski definition) is 3. The van der Waals surface area contributed by atoms with Crippen LogP contribution in [0.2, 0.25) is 0 Å². The first-order chi connectivity index (χ1) is 27.6. The van der Waals surface area contributed by atoms with Crippen LogP contribution in [-0.4, -0.2) is 19.6 Å². The van der Waals surface area contributed by atoms with E-state index in [4.69, 9.17) is 9.97 Å². The molecule has 1 N–H and O–H groups in total. The molecule has 0 aliphatic heterocycles. The van der Waals surface area contributed by atoms with Crippen molar-refractivity contribution >= 4 is 11.0 Å². The number of hydrogen-bond donors (Lipinski definition) is 1. The predicted octanol–water partition coefficient (Wildman–Crippen LogP) is 14.2. The third-order valence-corrected chi connectivity index (χ3v) is 11.1. The molecule has 0 saturated heterocycles. The number of pyridine rings is 1. The Morgan fingerprint density at radius 1 is 0.525 bits per heavy atom. The number of nitrogens with zero attached hydrogens (tertiary/aromatic N) is 3. The van der Waals surface area contributed by atoms with Crippen LogP contribution in [0.3, 0.4) is 0 Å². The van der Waals surface area contributed by atoms with Gasteiger partial charge in [-0.15, -0.1) is 29.3 Å². The van der Waals surface area contributed by atoms with E-state index in [-0.39, 0.29) is 43.1 Å². The van der Waals surface area contributed by atoms with E-state index >= 15 is 0 Å². The standard InChI is InChI=1S/C54H52N3O.Pt/c1-52(2,3)40-26-27-42(36-20-14-11-15-21-36)48(34-40)57-47-25-17-22-43(49(47)56-51(57)44-23-16-24-45(50(44)58)54(7,8)9)38-30-39(32-41(31-38)53(4,5)6)46-33-37(28-29-55-46)35-18-12-10-13-19-35;/h10-29,31-34,58H,1-9H3;/q-1;. The zero-order valence-electron chi connectivity index (χ0n) is 35.5. The summed E-state index contributed by atoms with van der Waals surface area (Å²) in [7, 11) is 0. The Morgan fingerprint density at radius 2 is 1.15 bits per heavy atom. The number of benzene rings is 6. The number of phenols is 1. The molecule has 0 aliphatic rings. The van der Waals surface area contributed by atoms with Crippen LogP contribution in [0.4, 0.5) is 0 Å². The van der Waals surface area contributed by atoms with Gasteiger partial charge in [-0.05, 0) is 68.3 Å². The molecule has 0 atom stereocenters. The first kappa shape index (κ1) is 41.6. The summed E-state index contributed by atoms with van der Waals surface area (Å²) in [5, 5.41) is 12.2. The number of phenolic OH excluding ortho intramolecular Hbond substituents is 1. The molecule has 0 spiro atoms. The first-order valence-corrected chi connectivity index (χ1v) is 20.2. The minimum absolute atomic E-state index is 0. The molecule has 300 valence electrons. The number of fused-ring (bicyclic) bond motifs is 1. The van der Waals surface area contributed by atoms with E-state index in [1.807, 2.05) is 30.5 Å². The zero-order chi connectivity index (χ0) is 41.0. The van der Waals surface area contributed by atoms with Crippen LogP contribution in [0, 0.1) is 6.07 Å². The molecule has 0 amide bonds. The van der Waals surface area contributed by atoms with Crippen LogP contribution in [-0.2, 0) is 37.3 Å². The molecule has 5 heteroatoms. The van der Waals surface area contributed by atoms with E-state index in [9.17, 15) is 5.11 Å². The van der Waals surface area contributed by atoms with Crippen LogP contribution in [0.1, 0.15) is 79.0 Å².